The third kappa shape index (κ3) is 1.58. The second kappa shape index (κ2) is 2.43. The molecule has 5 heteroatoms. The van der Waals surface area contributed by atoms with E-state index in [-0.39, 0.29) is 11.5 Å². The fourth-order valence-corrected chi connectivity index (χ4v) is 1.01. The maximum atomic E-state index is 10.4. The van der Waals surface area contributed by atoms with E-state index in [4.69, 9.17) is 4.55 Å². The molecule has 0 saturated heterocycles. The second-order valence-corrected chi connectivity index (χ2v) is 3.22. The minimum absolute atomic E-state index is 0.0880. The summed E-state index contributed by atoms with van der Waals surface area (Å²) in [5, 5.41) is 0. The highest BCUT2D eigenvalue weighted by Crippen LogP contribution is 2.08. The first-order chi connectivity index (χ1) is 4.61. The van der Waals surface area contributed by atoms with E-state index in [1.807, 2.05) is 0 Å². The number of allylic oxidation sites excluding steroid dienone is 2. The van der Waals surface area contributed by atoms with Crippen LogP contribution in [-0.4, -0.2) is 19.6 Å². The van der Waals surface area contributed by atoms with Crippen molar-refractivity contribution in [2.45, 2.75) is 0 Å². The third-order valence-electron chi connectivity index (χ3n) is 1.01. The molecule has 56 valence electrons. The van der Waals surface area contributed by atoms with Gasteiger partial charge in [0.2, 0.25) is 0 Å². The Morgan fingerprint density at radius 1 is 1.60 bits per heavy atom. The van der Waals surface area contributed by atoms with Crippen LogP contribution < -0.4 is 0 Å². The zero-order valence-electron chi connectivity index (χ0n) is 5.02. The van der Waals surface area contributed by atoms with Gasteiger partial charge in [-0.3, -0.25) is 4.55 Å². The van der Waals surface area contributed by atoms with Crippen molar-refractivity contribution < 1.29 is 17.7 Å². The average molecular weight is 162 g/mol. The highest BCUT2D eigenvalue weighted by Gasteiger charge is 2.14. The first-order valence-electron chi connectivity index (χ1n) is 2.55. The summed E-state index contributed by atoms with van der Waals surface area (Å²) in [5.41, 5.74) is 0. The van der Waals surface area contributed by atoms with Crippen molar-refractivity contribution in [1.82, 2.24) is 0 Å². The Kier molecular flexibility index (Phi) is 1.78. The molecule has 0 aromatic rings. The van der Waals surface area contributed by atoms with Gasteiger partial charge in [-0.25, -0.2) is 0 Å². The smallest absolute Gasteiger partial charge is 0.294 e. The predicted octanol–water partition coefficient (Wildman–Crippen LogP) is 0.302. The van der Waals surface area contributed by atoms with Gasteiger partial charge >= 0.3 is 0 Å². The van der Waals surface area contributed by atoms with Crippen LogP contribution in [0.2, 0.25) is 0 Å². The van der Waals surface area contributed by atoms with E-state index in [1.165, 1.54) is 18.4 Å². The topological polar surface area (TPSA) is 63.6 Å². The molecule has 1 rings (SSSR count). The Morgan fingerprint density at radius 2 is 2.30 bits per heavy atom. The highest BCUT2D eigenvalue weighted by molar-refractivity contribution is 7.89. The molecule has 0 radical (unpaired) electrons. The molecule has 4 nitrogen and oxygen atoms in total. The highest BCUT2D eigenvalue weighted by atomic mass is 32.2. The van der Waals surface area contributed by atoms with Crippen LogP contribution in [0.4, 0.5) is 0 Å². The molecule has 0 fully saturated rings. The Bertz CT molecular complexity index is 272. The molecule has 1 heterocycles. The van der Waals surface area contributed by atoms with Crippen LogP contribution in [0.1, 0.15) is 0 Å². The van der Waals surface area contributed by atoms with Crippen LogP contribution in [0.15, 0.2) is 23.3 Å². The molecule has 0 atom stereocenters. The van der Waals surface area contributed by atoms with Gasteiger partial charge in [-0.15, -0.1) is 0 Å². The summed E-state index contributed by atoms with van der Waals surface area (Å²) in [5.74, 6) is 0. The molecule has 1 aliphatic heterocycles. The summed E-state index contributed by atoms with van der Waals surface area (Å²) in [7, 11) is -4.04. The van der Waals surface area contributed by atoms with E-state index < -0.39 is 10.1 Å². The molecule has 0 amide bonds. The van der Waals surface area contributed by atoms with E-state index >= 15 is 0 Å². The molecule has 0 spiro atoms. The normalized spacial score (nSPS) is 17.9. The summed E-state index contributed by atoms with van der Waals surface area (Å²) in [6, 6.07) is 0. The summed E-state index contributed by atoms with van der Waals surface area (Å²) < 4.78 is 33.8. The number of hydrogen-bond donors (Lipinski definition) is 1. The van der Waals surface area contributed by atoms with Gasteiger partial charge in [0.1, 0.15) is 11.5 Å². The number of rotatable bonds is 1. The van der Waals surface area contributed by atoms with Gasteiger partial charge < -0.3 is 4.74 Å². The first kappa shape index (κ1) is 7.30. The third-order valence-corrected chi connectivity index (χ3v) is 1.93. The van der Waals surface area contributed by atoms with Gasteiger partial charge in [0.25, 0.3) is 10.1 Å². The van der Waals surface area contributed by atoms with Gasteiger partial charge in [-0.1, -0.05) is 0 Å². The molecular weight excluding hydrogens is 156 g/mol. The van der Waals surface area contributed by atoms with Crippen LogP contribution in [0, 0.1) is 0 Å². The van der Waals surface area contributed by atoms with Crippen LogP contribution in [-0.2, 0) is 14.9 Å². The zero-order valence-corrected chi connectivity index (χ0v) is 5.84. The lowest BCUT2D eigenvalue weighted by Crippen LogP contribution is -2.08. The van der Waals surface area contributed by atoms with E-state index in [1.54, 1.807) is 0 Å². The van der Waals surface area contributed by atoms with Crippen LogP contribution in [0.5, 0.6) is 0 Å². The SMILES string of the molecule is O=S(=O)(O)C1=CC=COC1. The minimum atomic E-state index is -4.04. The summed E-state index contributed by atoms with van der Waals surface area (Å²) in [6.07, 6.45) is 4.06. The molecule has 1 aliphatic rings. The van der Waals surface area contributed by atoms with Gasteiger partial charge in [-0.05, 0) is 12.2 Å². The number of hydrogen-bond acceptors (Lipinski definition) is 3. The van der Waals surface area contributed by atoms with E-state index in [9.17, 15) is 8.42 Å². The van der Waals surface area contributed by atoms with Crippen LogP contribution in [0.25, 0.3) is 0 Å². The lowest BCUT2D eigenvalue weighted by atomic mass is 10.4. The van der Waals surface area contributed by atoms with Crippen molar-refractivity contribution in [2.24, 2.45) is 0 Å². The van der Waals surface area contributed by atoms with Crippen molar-refractivity contribution in [2.75, 3.05) is 6.61 Å². The summed E-state index contributed by atoms with van der Waals surface area (Å²) >= 11 is 0. The lowest BCUT2D eigenvalue weighted by molar-refractivity contribution is 0.279. The fourth-order valence-electron chi connectivity index (χ4n) is 0.541. The molecular formula is C5H6O4S. The molecule has 0 saturated carbocycles. The van der Waals surface area contributed by atoms with Crippen molar-refractivity contribution >= 4 is 10.1 Å². The van der Waals surface area contributed by atoms with Crippen molar-refractivity contribution in [3.63, 3.8) is 0 Å². The average Bonchev–Trinajstić information content (AvgIpc) is 1.88. The number of ether oxygens (including phenoxy) is 1. The Balaban J connectivity index is 2.93. The van der Waals surface area contributed by atoms with Gasteiger partial charge in [0, 0.05) is 0 Å². The van der Waals surface area contributed by atoms with Crippen molar-refractivity contribution in [3.05, 3.63) is 23.3 Å². The molecule has 10 heavy (non-hydrogen) atoms. The van der Waals surface area contributed by atoms with Gasteiger partial charge in [0.15, 0.2) is 0 Å². The fraction of sp³-hybridized carbons (Fsp3) is 0.200. The molecule has 0 unspecified atom stereocenters. The lowest BCUT2D eigenvalue weighted by Gasteiger charge is -2.05. The first-order valence-corrected chi connectivity index (χ1v) is 3.99. The van der Waals surface area contributed by atoms with Gasteiger partial charge in [0.05, 0.1) is 6.26 Å². The van der Waals surface area contributed by atoms with Crippen molar-refractivity contribution in [3.8, 4) is 0 Å². The molecule has 0 aromatic heterocycles. The molecule has 0 aromatic carbocycles. The molecule has 0 aliphatic carbocycles. The monoisotopic (exact) mass is 162 g/mol. The van der Waals surface area contributed by atoms with E-state index in [0.29, 0.717) is 0 Å². The standard InChI is InChI=1S/C5H6O4S/c6-10(7,8)5-2-1-3-9-4-5/h1-3H,4H2,(H,6,7,8). The summed E-state index contributed by atoms with van der Waals surface area (Å²) in [6.45, 7) is -0.0880. The van der Waals surface area contributed by atoms with Gasteiger partial charge in [-0.2, -0.15) is 8.42 Å². The van der Waals surface area contributed by atoms with E-state index in [0.717, 1.165) is 0 Å². The largest absolute Gasteiger partial charge is 0.496 e. The Hall–Kier alpha value is -0.810. The van der Waals surface area contributed by atoms with Crippen LogP contribution >= 0.6 is 0 Å². The maximum absolute atomic E-state index is 10.4. The zero-order chi connectivity index (χ0) is 7.61. The Morgan fingerprint density at radius 3 is 2.60 bits per heavy atom. The molecule has 0 bridgehead atoms. The van der Waals surface area contributed by atoms with Crippen LogP contribution in [0.3, 0.4) is 0 Å². The quantitative estimate of drug-likeness (QED) is 0.563. The Labute approximate surface area is 58.6 Å². The summed E-state index contributed by atoms with van der Waals surface area (Å²) in [4.78, 5) is -0.116. The minimum Gasteiger partial charge on any atom is -0.496 e. The van der Waals surface area contributed by atoms with Crippen molar-refractivity contribution in [1.29, 1.82) is 0 Å². The maximum Gasteiger partial charge on any atom is 0.294 e. The second-order valence-electron chi connectivity index (χ2n) is 1.75. The van der Waals surface area contributed by atoms with E-state index in [2.05, 4.69) is 4.74 Å². The predicted molar refractivity (Wildman–Crippen MR) is 34.7 cm³/mol. The molecule has 1 N–H and O–H groups in total.